The summed E-state index contributed by atoms with van der Waals surface area (Å²) in [5, 5.41) is 4.32. The smallest absolute Gasteiger partial charge is 0.168 e. The fourth-order valence-corrected chi connectivity index (χ4v) is 3.45. The van der Waals surface area contributed by atoms with Gasteiger partial charge in [0, 0.05) is 25.7 Å². The number of hydrogen-bond donors (Lipinski definition) is 1. The Bertz CT molecular complexity index is 269. The van der Waals surface area contributed by atoms with Crippen LogP contribution in [0.1, 0.15) is 32.6 Å². The summed E-state index contributed by atoms with van der Waals surface area (Å²) in [6.07, 6.45) is 5.14. The van der Waals surface area contributed by atoms with Gasteiger partial charge in [-0.3, -0.25) is 0 Å². The Hall–Kier alpha value is -0.350. The second kappa shape index (κ2) is 6.01. The molecule has 2 heterocycles. The van der Waals surface area contributed by atoms with E-state index < -0.39 is 0 Å². The highest BCUT2D eigenvalue weighted by Gasteiger charge is 2.34. The summed E-state index contributed by atoms with van der Waals surface area (Å²) >= 11 is 5.46. The van der Waals surface area contributed by atoms with Gasteiger partial charge in [-0.1, -0.05) is 6.92 Å². The lowest BCUT2D eigenvalue weighted by Crippen LogP contribution is -2.55. The van der Waals surface area contributed by atoms with Crippen LogP contribution in [0, 0.1) is 5.92 Å². The summed E-state index contributed by atoms with van der Waals surface area (Å²) in [5.41, 5.74) is 0. The van der Waals surface area contributed by atoms with E-state index in [0.717, 1.165) is 43.1 Å². The van der Waals surface area contributed by atoms with Crippen LogP contribution < -0.4 is 5.32 Å². The minimum atomic E-state index is 0.800. The summed E-state index contributed by atoms with van der Waals surface area (Å²) < 4.78 is 0. The van der Waals surface area contributed by atoms with Crippen LogP contribution in [-0.4, -0.2) is 54.2 Å². The molecule has 0 radical (unpaired) electrons. The number of nitrogens with zero attached hydrogens (tertiary/aromatic N) is 2. The van der Waals surface area contributed by atoms with Crippen LogP contribution in [0.3, 0.4) is 0 Å². The van der Waals surface area contributed by atoms with Gasteiger partial charge in [0.2, 0.25) is 0 Å². The molecule has 17 heavy (non-hydrogen) atoms. The fraction of sp³-hybridized carbons (Fsp3) is 0.923. The molecule has 1 N–H and O–H groups in total. The Kier molecular flexibility index (Phi) is 4.62. The van der Waals surface area contributed by atoms with Gasteiger partial charge < -0.3 is 15.1 Å². The van der Waals surface area contributed by atoms with Crippen molar-refractivity contribution in [2.24, 2.45) is 5.92 Å². The topological polar surface area (TPSA) is 18.5 Å². The molecule has 0 aromatic carbocycles. The van der Waals surface area contributed by atoms with Crippen LogP contribution in [0.4, 0.5) is 0 Å². The number of hydrogen-bond acceptors (Lipinski definition) is 2. The van der Waals surface area contributed by atoms with E-state index in [1.807, 2.05) is 0 Å². The van der Waals surface area contributed by atoms with Crippen molar-refractivity contribution < 1.29 is 0 Å². The summed E-state index contributed by atoms with van der Waals surface area (Å²) in [7, 11) is 2.28. The van der Waals surface area contributed by atoms with Crippen molar-refractivity contribution in [2.75, 3.05) is 33.2 Å². The van der Waals surface area contributed by atoms with E-state index >= 15 is 0 Å². The van der Waals surface area contributed by atoms with E-state index in [4.69, 9.17) is 12.2 Å². The highest BCUT2D eigenvalue weighted by atomic mass is 32.1. The van der Waals surface area contributed by atoms with Gasteiger partial charge in [0.25, 0.3) is 0 Å². The molecule has 2 rings (SSSR count). The lowest BCUT2D eigenvalue weighted by Gasteiger charge is -2.46. The number of likely N-dealkylation sites (tertiary alicyclic amines) is 2. The standard InChI is InChI=1S/C13H25N3S/c1-3-7-14-13(17)16-9-6-12-11(10-16)5-4-8-15(12)2/h11-12H,3-10H2,1-2H3,(H,14,17). The summed E-state index contributed by atoms with van der Waals surface area (Å²) in [5.74, 6) is 0.823. The fourth-order valence-electron chi connectivity index (χ4n) is 3.18. The minimum Gasteiger partial charge on any atom is -0.363 e. The summed E-state index contributed by atoms with van der Waals surface area (Å²) in [6, 6.07) is 0.800. The van der Waals surface area contributed by atoms with E-state index in [1.54, 1.807) is 0 Å². The summed E-state index contributed by atoms with van der Waals surface area (Å²) in [4.78, 5) is 4.93. The third kappa shape index (κ3) is 3.10. The van der Waals surface area contributed by atoms with E-state index in [2.05, 4.69) is 29.1 Å². The zero-order chi connectivity index (χ0) is 12.3. The monoisotopic (exact) mass is 255 g/mol. The molecule has 0 amide bonds. The van der Waals surface area contributed by atoms with Crippen LogP contribution in [0.15, 0.2) is 0 Å². The van der Waals surface area contributed by atoms with E-state index in [1.165, 1.54) is 25.8 Å². The molecule has 0 aliphatic carbocycles. The van der Waals surface area contributed by atoms with E-state index in [-0.39, 0.29) is 0 Å². The second-order valence-electron chi connectivity index (χ2n) is 5.42. The molecule has 2 unspecified atom stereocenters. The van der Waals surface area contributed by atoms with Gasteiger partial charge in [0.05, 0.1) is 0 Å². The molecule has 3 nitrogen and oxygen atoms in total. The first-order chi connectivity index (χ1) is 8.22. The molecule has 0 aromatic rings. The first-order valence-corrected chi connectivity index (χ1v) is 7.36. The maximum atomic E-state index is 5.46. The van der Waals surface area contributed by atoms with Crippen molar-refractivity contribution >= 4 is 17.3 Å². The van der Waals surface area contributed by atoms with Gasteiger partial charge in [0.1, 0.15) is 0 Å². The number of fused-ring (bicyclic) bond motifs is 1. The predicted molar refractivity (Wildman–Crippen MR) is 76.2 cm³/mol. The molecular formula is C13H25N3S. The molecule has 98 valence electrons. The Balaban J connectivity index is 1.86. The van der Waals surface area contributed by atoms with E-state index in [0.29, 0.717) is 0 Å². The Labute approximate surface area is 111 Å². The van der Waals surface area contributed by atoms with Crippen molar-refractivity contribution in [3.63, 3.8) is 0 Å². The molecule has 4 heteroatoms. The molecule has 2 saturated heterocycles. The number of nitrogens with one attached hydrogen (secondary N) is 1. The minimum absolute atomic E-state index is 0.800. The third-order valence-electron chi connectivity index (χ3n) is 4.16. The Morgan fingerprint density at radius 1 is 1.35 bits per heavy atom. The number of thiocarbonyl (C=S) groups is 1. The third-order valence-corrected chi connectivity index (χ3v) is 4.56. The van der Waals surface area contributed by atoms with Crippen molar-refractivity contribution in [1.82, 2.24) is 15.1 Å². The molecule has 2 aliphatic heterocycles. The second-order valence-corrected chi connectivity index (χ2v) is 5.80. The average Bonchev–Trinajstić information content (AvgIpc) is 2.36. The van der Waals surface area contributed by atoms with Gasteiger partial charge in [0.15, 0.2) is 5.11 Å². The molecule has 2 atom stereocenters. The molecule has 0 aromatic heterocycles. The van der Waals surface area contributed by atoms with Crippen LogP contribution in [0.25, 0.3) is 0 Å². The highest BCUT2D eigenvalue weighted by molar-refractivity contribution is 7.80. The molecule has 2 fully saturated rings. The number of piperidine rings is 2. The quantitative estimate of drug-likeness (QED) is 0.757. The maximum absolute atomic E-state index is 5.46. The molecule has 0 bridgehead atoms. The van der Waals surface area contributed by atoms with Crippen molar-refractivity contribution in [2.45, 2.75) is 38.6 Å². The Morgan fingerprint density at radius 2 is 2.18 bits per heavy atom. The predicted octanol–water partition coefficient (Wildman–Crippen LogP) is 1.69. The van der Waals surface area contributed by atoms with Gasteiger partial charge >= 0.3 is 0 Å². The average molecular weight is 255 g/mol. The zero-order valence-electron chi connectivity index (χ0n) is 11.1. The summed E-state index contributed by atoms with van der Waals surface area (Å²) in [6.45, 7) is 6.74. The van der Waals surface area contributed by atoms with Crippen LogP contribution in [0.5, 0.6) is 0 Å². The molecule has 0 saturated carbocycles. The van der Waals surface area contributed by atoms with Crippen LogP contribution >= 0.6 is 12.2 Å². The SMILES string of the molecule is CCCNC(=S)N1CCC2C(CCCN2C)C1. The normalized spacial score (nSPS) is 29.9. The maximum Gasteiger partial charge on any atom is 0.168 e. The molecule has 2 aliphatic rings. The van der Waals surface area contributed by atoms with Crippen molar-refractivity contribution in [3.05, 3.63) is 0 Å². The number of rotatable bonds is 2. The first kappa shape index (κ1) is 13.1. The van der Waals surface area contributed by atoms with Crippen molar-refractivity contribution in [1.29, 1.82) is 0 Å². The van der Waals surface area contributed by atoms with Crippen LogP contribution in [-0.2, 0) is 0 Å². The highest BCUT2D eigenvalue weighted by Crippen LogP contribution is 2.29. The van der Waals surface area contributed by atoms with Gasteiger partial charge in [-0.2, -0.15) is 0 Å². The molecular weight excluding hydrogens is 230 g/mol. The zero-order valence-corrected chi connectivity index (χ0v) is 11.9. The van der Waals surface area contributed by atoms with Gasteiger partial charge in [-0.15, -0.1) is 0 Å². The van der Waals surface area contributed by atoms with Crippen molar-refractivity contribution in [3.8, 4) is 0 Å². The first-order valence-electron chi connectivity index (χ1n) is 6.95. The largest absolute Gasteiger partial charge is 0.363 e. The van der Waals surface area contributed by atoms with Gasteiger partial charge in [-0.25, -0.2) is 0 Å². The Morgan fingerprint density at radius 3 is 2.94 bits per heavy atom. The van der Waals surface area contributed by atoms with Gasteiger partial charge in [-0.05, 0) is 57.4 Å². The lowest BCUT2D eigenvalue weighted by atomic mass is 9.84. The molecule has 0 spiro atoms. The van der Waals surface area contributed by atoms with Crippen LogP contribution in [0.2, 0.25) is 0 Å². The lowest BCUT2D eigenvalue weighted by molar-refractivity contribution is 0.0629. The van der Waals surface area contributed by atoms with E-state index in [9.17, 15) is 0 Å².